The molecule has 3 atom stereocenters. The fourth-order valence-electron chi connectivity index (χ4n) is 4.76. The van der Waals surface area contributed by atoms with Crippen molar-refractivity contribution in [3.05, 3.63) is 59.9 Å². The molecular weight excluding hydrogens is 361 g/mol. The number of carbonyl (C=O) groups excluding carboxylic acids is 2. The van der Waals surface area contributed by atoms with Gasteiger partial charge in [0.2, 0.25) is 5.91 Å². The average molecular weight is 381 g/mol. The predicted molar refractivity (Wildman–Crippen MR) is 99.9 cm³/mol. The Morgan fingerprint density at radius 3 is 2.18 bits per heavy atom. The van der Waals surface area contributed by atoms with Crippen LogP contribution >= 0.6 is 0 Å². The Labute approximate surface area is 162 Å². The summed E-state index contributed by atoms with van der Waals surface area (Å²) in [5.74, 6) is -0.552. The molecular formula is C21H20FN3O3. The van der Waals surface area contributed by atoms with Gasteiger partial charge >= 0.3 is 0 Å². The van der Waals surface area contributed by atoms with E-state index < -0.39 is 12.0 Å². The van der Waals surface area contributed by atoms with Crippen molar-refractivity contribution in [3.63, 3.8) is 0 Å². The summed E-state index contributed by atoms with van der Waals surface area (Å²) in [6, 6.07) is 12.4. The van der Waals surface area contributed by atoms with Gasteiger partial charge in [0.1, 0.15) is 17.6 Å². The van der Waals surface area contributed by atoms with Gasteiger partial charge in [0.25, 0.3) is 5.91 Å². The van der Waals surface area contributed by atoms with E-state index in [4.69, 9.17) is 4.74 Å². The molecule has 0 bridgehead atoms. The predicted octanol–water partition coefficient (Wildman–Crippen LogP) is 2.37. The lowest BCUT2D eigenvalue weighted by atomic mass is 9.90. The number of anilines is 1. The van der Waals surface area contributed by atoms with E-state index in [2.05, 4.69) is 5.01 Å². The zero-order valence-electron chi connectivity index (χ0n) is 15.4. The second kappa shape index (κ2) is 6.39. The summed E-state index contributed by atoms with van der Waals surface area (Å²) < 4.78 is 18.6. The lowest BCUT2D eigenvalue weighted by molar-refractivity contribution is -0.126. The fraction of sp³-hybridized carbons (Fsp3) is 0.333. The molecule has 2 aromatic carbocycles. The number of ether oxygens (including phenoxy) is 1. The molecule has 0 radical (unpaired) electrons. The van der Waals surface area contributed by atoms with Gasteiger partial charge in [-0.15, -0.1) is 0 Å². The van der Waals surface area contributed by atoms with Gasteiger partial charge in [0.15, 0.2) is 0 Å². The molecule has 0 aromatic heterocycles. The van der Waals surface area contributed by atoms with E-state index >= 15 is 0 Å². The number of nitrogens with zero attached hydrogens (tertiary/aromatic N) is 3. The lowest BCUT2D eigenvalue weighted by Gasteiger charge is -2.29. The molecule has 0 aliphatic carbocycles. The number of fused-ring (bicyclic) bond motifs is 3. The average Bonchev–Trinajstić information content (AvgIpc) is 3.35. The maximum absolute atomic E-state index is 13.4. The third kappa shape index (κ3) is 2.40. The van der Waals surface area contributed by atoms with Crippen LogP contribution in [-0.4, -0.2) is 48.1 Å². The van der Waals surface area contributed by atoms with E-state index in [9.17, 15) is 14.0 Å². The van der Waals surface area contributed by atoms with Crippen LogP contribution in [0.3, 0.4) is 0 Å². The molecule has 3 aliphatic rings. The first-order valence-corrected chi connectivity index (χ1v) is 9.40. The summed E-state index contributed by atoms with van der Waals surface area (Å²) in [6.07, 6.45) is 0.935. The number of benzene rings is 2. The number of rotatable bonds is 3. The first kappa shape index (κ1) is 17.3. The minimum atomic E-state index is -0.507. The summed E-state index contributed by atoms with van der Waals surface area (Å²) in [5, 5.41) is 4.15. The molecule has 7 heteroatoms. The quantitative estimate of drug-likeness (QED) is 0.764. The Hall–Kier alpha value is -2.77. The Balaban J connectivity index is 1.55. The number of methoxy groups -OCH3 is 1. The van der Waals surface area contributed by atoms with E-state index in [0.29, 0.717) is 11.4 Å². The highest BCUT2D eigenvalue weighted by atomic mass is 19.1. The summed E-state index contributed by atoms with van der Waals surface area (Å²) in [7, 11) is 1.57. The van der Waals surface area contributed by atoms with Crippen molar-refractivity contribution in [2.45, 2.75) is 18.5 Å². The summed E-state index contributed by atoms with van der Waals surface area (Å²) in [6.45, 7) is 1.53. The molecule has 3 aliphatic heterocycles. The number of halogens is 1. The molecule has 28 heavy (non-hydrogen) atoms. The molecule has 5 rings (SSSR count). The highest BCUT2D eigenvalue weighted by Gasteiger charge is 2.62. The Morgan fingerprint density at radius 1 is 0.893 bits per heavy atom. The van der Waals surface area contributed by atoms with Gasteiger partial charge < -0.3 is 4.74 Å². The van der Waals surface area contributed by atoms with E-state index in [1.165, 1.54) is 17.0 Å². The number of carbonyl (C=O) groups is 2. The molecule has 6 nitrogen and oxygen atoms in total. The monoisotopic (exact) mass is 381 g/mol. The van der Waals surface area contributed by atoms with Crippen LogP contribution in [0.2, 0.25) is 0 Å². The number of amides is 2. The number of imide groups is 1. The van der Waals surface area contributed by atoms with Gasteiger partial charge in [-0.3, -0.25) is 9.59 Å². The van der Waals surface area contributed by atoms with Crippen LogP contribution in [0, 0.1) is 11.7 Å². The van der Waals surface area contributed by atoms with Gasteiger partial charge in [-0.25, -0.2) is 19.3 Å². The topological polar surface area (TPSA) is 53.1 Å². The lowest BCUT2D eigenvalue weighted by Crippen LogP contribution is -2.44. The standard InChI is InChI=1S/C21H20FN3O3/c1-28-16-9-7-15(8-10-16)25-20(26)17-18(13-3-5-14(22)6-4-13)23-11-2-12-24(23)19(17)21(25)27/h3-10,17-19H,2,11-12H2,1H3/t17-,18+,19+/m1/s1. The fourth-order valence-corrected chi connectivity index (χ4v) is 4.76. The van der Waals surface area contributed by atoms with Crippen molar-refractivity contribution in [3.8, 4) is 5.75 Å². The van der Waals surface area contributed by atoms with Gasteiger partial charge in [0.05, 0.1) is 24.8 Å². The molecule has 0 saturated carbocycles. The molecule has 3 heterocycles. The SMILES string of the molecule is COc1ccc(N2C(=O)[C@H]3[C@@H](C2=O)N2CCCN2[C@H]3c2ccc(F)cc2)cc1. The molecule has 0 N–H and O–H groups in total. The summed E-state index contributed by atoms with van der Waals surface area (Å²) >= 11 is 0. The number of hydrogen-bond donors (Lipinski definition) is 0. The minimum absolute atomic E-state index is 0.198. The highest BCUT2D eigenvalue weighted by Crippen LogP contribution is 2.48. The summed E-state index contributed by atoms with van der Waals surface area (Å²) in [4.78, 5) is 27.9. The van der Waals surface area contributed by atoms with Crippen molar-refractivity contribution in [1.82, 2.24) is 10.0 Å². The Bertz CT molecular complexity index is 931. The Morgan fingerprint density at radius 2 is 1.54 bits per heavy atom. The first-order chi connectivity index (χ1) is 13.6. The van der Waals surface area contributed by atoms with E-state index in [1.807, 2.05) is 5.01 Å². The van der Waals surface area contributed by atoms with Crippen LogP contribution in [0.15, 0.2) is 48.5 Å². The third-order valence-electron chi connectivity index (χ3n) is 5.95. The number of hydrogen-bond acceptors (Lipinski definition) is 5. The van der Waals surface area contributed by atoms with Crippen molar-refractivity contribution >= 4 is 17.5 Å². The maximum atomic E-state index is 13.4. The van der Waals surface area contributed by atoms with Crippen LogP contribution < -0.4 is 9.64 Å². The molecule has 0 spiro atoms. The zero-order valence-corrected chi connectivity index (χ0v) is 15.4. The summed E-state index contributed by atoms with van der Waals surface area (Å²) in [5.41, 5.74) is 1.41. The number of hydrazine groups is 1. The van der Waals surface area contributed by atoms with Crippen molar-refractivity contribution in [1.29, 1.82) is 0 Å². The molecule has 2 amide bonds. The van der Waals surface area contributed by atoms with Crippen molar-refractivity contribution < 1.29 is 18.7 Å². The molecule has 3 saturated heterocycles. The van der Waals surface area contributed by atoms with Gasteiger partial charge in [-0.05, 0) is 48.4 Å². The Kier molecular flexibility index (Phi) is 3.96. The normalized spacial score (nSPS) is 27.4. The van der Waals surface area contributed by atoms with Crippen LogP contribution in [-0.2, 0) is 9.59 Å². The van der Waals surface area contributed by atoms with Crippen LogP contribution in [0.1, 0.15) is 18.0 Å². The van der Waals surface area contributed by atoms with E-state index in [0.717, 1.165) is 25.1 Å². The smallest absolute Gasteiger partial charge is 0.253 e. The van der Waals surface area contributed by atoms with Gasteiger partial charge in [0, 0.05) is 13.1 Å². The van der Waals surface area contributed by atoms with Crippen LogP contribution in [0.25, 0.3) is 0 Å². The maximum Gasteiger partial charge on any atom is 0.253 e. The van der Waals surface area contributed by atoms with E-state index in [1.54, 1.807) is 43.5 Å². The zero-order chi connectivity index (χ0) is 19.4. The molecule has 0 unspecified atom stereocenters. The molecule has 3 fully saturated rings. The van der Waals surface area contributed by atoms with Crippen molar-refractivity contribution in [2.24, 2.45) is 5.92 Å². The second-order valence-corrected chi connectivity index (χ2v) is 7.36. The second-order valence-electron chi connectivity index (χ2n) is 7.36. The van der Waals surface area contributed by atoms with Crippen LogP contribution in [0.5, 0.6) is 5.75 Å². The largest absolute Gasteiger partial charge is 0.497 e. The minimum Gasteiger partial charge on any atom is -0.497 e. The third-order valence-corrected chi connectivity index (χ3v) is 5.95. The van der Waals surface area contributed by atoms with Crippen molar-refractivity contribution in [2.75, 3.05) is 25.1 Å². The highest BCUT2D eigenvalue weighted by molar-refractivity contribution is 6.24. The molecule has 144 valence electrons. The molecule has 2 aromatic rings. The van der Waals surface area contributed by atoms with Gasteiger partial charge in [-0.2, -0.15) is 0 Å². The van der Waals surface area contributed by atoms with Gasteiger partial charge in [-0.1, -0.05) is 12.1 Å². The first-order valence-electron chi connectivity index (χ1n) is 9.40. The van der Waals surface area contributed by atoms with Crippen LogP contribution in [0.4, 0.5) is 10.1 Å². The van der Waals surface area contributed by atoms with E-state index in [-0.39, 0.29) is 23.7 Å².